The smallest absolute Gasteiger partial charge is 0.243 e. The molecule has 2 rings (SSSR count). The zero-order valence-corrected chi connectivity index (χ0v) is 13.7. The fourth-order valence-electron chi connectivity index (χ4n) is 2.77. The number of nitrogens with zero attached hydrogens (tertiary/aromatic N) is 2. The molecule has 120 valence electrons. The first-order valence-electron chi connectivity index (χ1n) is 8.31. The second-order valence-electron chi connectivity index (χ2n) is 6.80. The standard InChI is InChI=1S/C16H30N4O/c1-12-9-14(12)19-16(18-11-15(21)20(2)3)17-10-13-7-5-4-6-8-13/h12-14H,4-11H2,1-3H3,(H2,17,18,19). The molecule has 0 bridgehead atoms. The molecule has 0 aromatic rings. The third-order valence-electron chi connectivity index (χ3n) is 4.59. The van der Waals surface area contributed by atoms with Gasteiger partial charge in [0.25, 0.3) is 0 Å². The van der Waals surface area contributed by atoms with Gasteiger partial charge in [0.1, 0.15) is 6.54 Å². The lowest BCUT2D eigenvalue weighted by Crippen LogP contribution is -2.42. The molecule has 2 N–H and O–H groups in total. The van der Waals surface area contributed by atoms with E-state index >= 15 is 0 Å². The van der Waals surface area contributed by atoms with Gasteiger partial charge in [-0.25, -0.2) is 4.99 Å². The highest BCUT2D eigenvalue weighted by molar-refractivity contribution is 5.85. The summed E-state index contributed by atoms with van der Waals surface area (Å²) in [6.45, 7) is 3.43. The van der Waals surface area contributed by atoms with Crippen molar-refractivity contribution >= 4 is 11.9 Å². The molecule has 2 saturated carbocycles. The van der Waals surface area contributed by atoms with E-state index < -0.39 is 0 Å². The summed E-state index contributed by atoms with van der Waals surface area (Å²) >= 11 is 0. The van der Waals surface area contributed by atoms with Crippen LogP contribution in [-0.2, 0) is 4.79 Å². The van der Waals surface area contributed by atoms with Crippen molar-refractivity contribution in [3.63, 3.8) is 0 Å². The number of hydrogen-bond donors (Lipinski definition) is 2. The normalized spacial score (nSPS) is 26.3. The first-order valence-corrected chi connectivity index (χ1v) is 8.31. The van der Waals surface area contributed by atoms with E-state index in [9.17, 15) is 4.79 Å². The number of aliphatic imine (C=N–C) groups is 1. The van der Waals surface area contributed by atoms with Crippen molar-refractivity contribution in [1.82, 2.24) is 15.5 Å². The van der Waals surface area contributed by atoms with Crippen LogP contribution in [0, 0.1) is 11.8 Å². The first kappa shape index (κ1) is 16.1. The van der Waals surface area contributed by atoms with Crippen molar-refractivity contribution in [2.45, 2.75) is 51.5 Å². The number of nitrogens with one attached hydrogen (secondary N) is 2. The molecule has 2 fully saturated rings. The van der Waals surface area contributed by atoms with Gasteiger partial charge in [-0.1, -0.05) is 26.2 Å². The molecule has 0 radical (unpaired) electrons. The van der Waals surface area contributed by atoms with Gasteiger partial charge < -0.3 is 15.5 Å². The monoisotopic (exact) mass is 294 g/mol. The Morgan fingerprint density at radius 1 is 1.24 bits per heavy atom. The SMILES string of the molecule is CC1CC1NC(=NCC(=O)N(C)C)NCC1CCCCC1. The Hall–Kier alpha value is -1.26. The molecule has 1 amide bonds. The summed E-state index contributed by atoms with van der Waals surface area (Å²) in [4.78, 5) is 17.7. The van der Waals surface area contributed by atoms with E-state index in [0.29, 0.717) is 6.04 Å². The lowest BCUT2D eigenvalue weighted by atomic mass is 9.89. The van der Waals surface area contributed by atoms with Gasteiger partial charge >= 0.3 is 0 Å². The van der Waals surface area contributed by atoms with Crippen molar-refractivity contribution in [2.75, 3.05) is 27.2 Å². The van der Waals surface area contributed by atoms with Gasteiger partial charge in [-0.05, 0) is 31.1 Å². The molecule has 2 atom stereocenters. The molecule has 2 aliphatic rings. The summed E-state index contributed by atoms with van der Waals surface area (Å²) in [5, 5.41) is 6.89. The molecule has 0 saturated heterocycles. The third kappa shape index (κ3) is 5.56. The van der Waals surface area contributed by atoms with Gasteiger partial charge in [-0.15, -0.1) is 0 Å². The summed E-state index contributed by atoms with van der Waals surface area (Å²) in [6.07, 6.45) is 7.92. The molecule has 0 aliphatic heterocycles. The topological polar surface area (TPSA) is 56.7 Å². The number of guanidine groups is 1. The Morgan fingerprint density at radius 2 is 1.90 bits per heavy atom. The average Bonchev–Trinajstić information content (AvgIpc) is 3.17. The van der Waals surface area contributed by atoms with Crippen molar-refractivity contribution < 1.29 is 4.79 Å². The number of amides is 1. The van der Waals surface area contributed by atoms with Crippen LogP contribution < -0.4 is 10.6 Å². The van der Waals surface area contributed by atoms with Crippen LogP contribution in [0.15, 0.2) is 4.99 Å². The summed E-state index contributed by atoms with van der Waals surface area (Å²) in [6, 6.07) is 0.525. The zero-order valence-electron chi connectivity index (χ0n) is 13.7. The molecule has 2 aliphatic carbocycles. The Balaban J connectivity index is 1.82. The van der Waals surface area contributed by atoms with Gasteiger partial charge in [-0.2, -0.15) is 0 Å². The third-order valence-corrected chi connectivity index (χ3v) is 4.59. The Morgan fingerprint density at radius 3 is 2.48 bits per heavy atom. The molecule has 21 heavy (non-hydrogen) atoms. The van der Waals surface area contributed by atoms with E-state index in [4.69, 9.17) is 0 Å². The predicted octanol–water partition coefficient (Wildman–Crippen LogP) is 1.60. The number of hydrogen-bond acceptors (Lipinski definition) is 2. The largest absolute Gasteiger partial charge is 0.356 e. The molecule has 0 heterocycles. The maximum Gasteiger partial charge on any atom is 0.243 e. The predicted molar refractivity (Wildman–Crippen MR) is 86.3 cm³/mol. The molecule has 2 unspecified atom stereocenters. The Bertz CT molecular complexity index is 374. The molecular weight excluding hydrogens is 264 g/mol. The lowest BCUT2D eigenvalue weighted by Gasteiger charge is -2.23. The van der Waals surface area contributed by atoms with Crippen molar-refractivity contribution in [1.29, 1.82) is 0 Å². The van der Waals surface area contributed by atoms with E-state index in [1.807, 2.05) is 0 Å². The maximum atomic E-state index is 11.7. The number of carbonyl (C=O) groups excluding carboxylic acids is 1. The quantitative estimate of drug-likeness (QED) is 0.598. The van der Waals surface area contributed by atoms with Gasteiger partial charge in [-0.3, -0.25) is 4.79 Å². The Labute approximate surface area is 128 Å². The summed E-state index contributed by atoms with van der Waals surface area (Å²) in [5.41, 5.74) is 0. The van der Waals surface area contributed by atoms with Crippen LogP contribution in [0.2, 0.25) is 0 Å². The molecule has 5 nitrogen and oxygen atoms in total. The van der Waals surface area contributed by atoms with Crippen LogP contribution in [0.5, 0.6) is 0 Å². The van der Waals surface area contributed by atoms with Crippen LogP contribution in [0.1, 0.15) is 45.4 Å². The average molecular weight is 294 g/mol. The minimum absolute atomic E-state index is 0.0395. The summed E-state index contributed by atoms with van der Waals surface area (Å²) in [7, 11) is 3.53. The molecular formula is C16H30N4O. The van der Waals surface area contributed by atoms with Gasteiger partial charge in [0.15, 0.2) is 5.96 Å². The highest BCUT2D eigenvalue weighted by atomic mass is 16.2. The van der Waals surface area contributed by atoms with E-state index in [1.165, 1.54) is 38.5 Å². The highest BCUT2D eigenvalue weighted by Crippen LogP contribution is 2.28. The van der Waals surface area contributed by atoms with Crippen molar-refractivity contribution in [3.8, 4) is 0 Å². The van der Waals surface area contributed by atoms with Crippen LogP contribution in [-0.4, -0.2) is 50.0 Å². The van der Waals surface area contributed by atoms with Gasteiger partial charge in [0.05, 0.1) is 0 Å². The minimum atomic E-state index is 0.0395. The fraction of sp³-hybridized carbons (Fsp3) is 0.875. The number of rotatable bonds is 5. The minimum Gasteiger partial charge on any atom is -0.356 e. The van der Waals surface area contributed by atoms with Crippen LogP contribution in [0.25, 0.3) is 0 Å². The molecule has 0 aromatic heterocycles. The maximum absolute atomic E-state index is 11.7. The van der Waals surface area contributed by atoms with E-state index in [1.54, 1.807) is 19.0 Å². The molecule has 0 spiro atoms. The second-order valence-corrected chi connectivity index (χ2v) is 6.80. The van der Waals surface area contributed by atoms with Crippen molar-refractivity contribution in [3.05, 3.63) is 0 Å². The van der Waals surface area contributed by atoms with Gasteiger partial charge in [0.2, 0.25) is 5.91 Å². The van der Waals surface area contributed by atoms with Crippen LogP contribution in [0.4, 0.5) is 0 Å². The second kappa shape index (κ2) is 7.66. The van der Waals surface area contributed by atoms with Crippen LogP contribution in [0.3, 0.4) is 0 Å². The number of carbonyl (C=O) groups is 1. The summed E-state index contributed by atoms with van der Waals surface area (Å²) < 4.78 is 0. The lowest BCUT2D eigenvalue weighted by molar-refractivity contribution is -0.127. The van der Waals surface area contributed by atoms with Crippen molar-refractivity contribution in [2.24, 2.45) is 16.8 Å². The summed E-state index contributed by atoms with van der Waals surface area (Å²) in [5.74, 6) is 2.32. The van der Waals surface area contributed by atoms with Crippen LogP contribution >= 0.6 is 0 Å². The fourth-order valence-corrected chi connectivity index (χ4v) is 2.77. The van der Waals surface area contributed by atoms with E-state index in [2.05, 4.69) is 22.5 Å². The van der Waals surface area contributed by atoms with E-state index in [-0.39, 0.29) is 12.5 Å². The first-order chi connectivity index (χ1) is 10.1. The number of likely N-dealkylation sites (N-methyl/N-ethyl adjacent to an activating group) is 1. The van der Waals surface area contributed by atoms with E-state index in [0.717, 1.165) is 24.3 Å². The zero-order chi connectivity index (χ0) is 15.2. The molecule has 0 aromatic carbocycles. The highest BCUT2D eigenvalue weighted by Gasteiger charge is 2.33. The Kier molecular flexibility index (Phi) is 5.88. The van der Waals surface area contributed by atoms with Gasteiger partial charge in [0, 0.05) is 26.7 Å². The molecule has 5 heteroatoms.